The zero-order chi connectivity index (χ0) is 14.4. The van der Waals surface area contributed by atoms with Gasteiger partial charge in [0.25, 0.3) is 0 Å². The van der Waals surface area contributed by atoms with Crippen molar-refractivity contribution in [2.24, 2.45) is 11.3 Å². The number of piperidine rings is 1. The number of nitrogens with one attached hydrogen (secondary N) is 2. The Labute approximate surface area is 125 Å². The second-order valence-corrected chi connectivity index (χ2v) is 7.34. The number of hydrogen-bond acceptors (Lipinski definition) is 3. The molecule has 2 amide bonds. The maximum Gasteiger partial charge on any atom is 0.243 e. The van der Waals surface area contributed by atoms with Gasteiger partial charge in [-0.1, -0.05) is 0 Å². The van der Waals surface area contributed by atoms with Crippen LogP contribution in [0.15, 0.2) is 0 Å². The van der Waals surface area contributed by atoms with Crippen LogP contribution in [0.25, 0.3) is 0 Å². The Balaban J connectivity index is 1.40. The van der Waals surface area contributed by atoms with Gasteiger partial charge in [-0.05, 0) is 63.5 Å². The van der Waals surface area contributed by atoms with E-state index in [-0.39, 0.29) is 29.2 Å². The summed E-state index contributed by atoms with van der Waals surface area (Å²) < 4.78 is 0. The van der Waals surface area contributed by atoms with Crippen molar-refractivity contribution >= 4 is 11.8 Å². The zero-order valence-electron chi connectivity index (χ0n) is 12.6. The van der Waals surface area contributed by atoms with Crippen LogP contribution >= 0.6 is 0 Å². The van der Waals surface area contributed by atoms with Crippen molar-refractivity contribution in [3.63, 3.8) is 0 Å². The fourth-order valence-electron chi connectivity index (χ4n) is 4.20. The molecule has 0 radical (unpaired) electrons. The van der Waals surface area contributed by atoms with Crippen molar-refractivity contribution in [3.8, 4) is 0 Å². The zero-order valence-corrected chi connectivity index (χ0v) is 12.6. The van der Waals surface area contributed by atoms with Gasteiger partial charge in [0.15, 0.2) is 0 Å². The number of amides is 2. The molecule has 2 heterocycles. The molecule has 2 unspecified atom stereocenters. The average Bonchev–Trinajstić information content (AvgIpc) is 3.37. The molecule has 116 valence electrons. The molecule has 2 aliphatic carbocycles. The highest BCUT2D eigenvalue weighted by atomic mass is 16.2. The first-order valence-corrected chi connectivity index (χ1v) is 8.51. The highest BCUT2D eigenvalue weighted by molar-refractivity contribution is 5.90. The predicted molar refractivity (Wildman–Crippen MR) is 78.5 cm³/mol. The fraction of sp³-hybridized carbons (Fsp3) is 0.875. The first-order chi connectivity index (χ1) is 10.2. The second kappa shape index (κ2) is 4.97. The average molecular weight is 291 g/mol. The minimum atomic E-state index is -0.197. The number of rotatable bonds is 3. The van der Waals surface area contributed by atoms with Crippen LogP contribution in [0.4, 0.5) is 0 Å². The third-order valence-corrected chi connectivity index (χ3v) is 5.85. The van der Waals surface area contributed by atoms with Crippen LogP contribution in [0.3, 0.4) is 0 Å². The van der Waals surface area contributed by atoms with Crippen molar-refractivity contribution in [2.75, 3.05) is 19.6 Å². The van der Waals surface area contributed by atoms with Gasteiger partial charge in [-0.15, -0.1) is 0 Å². The van der Waals surface area contributed by atoms with E-state index in [4.69, 9.17) is 0 Å². The quantitative estimate of drug-likeness (QED) is 0.802. The molecule has 2 N–H and O–H groups in total. The Bertz CT molecular complexity index is 454. The molecule has 5 nitrogen and oxygen atoms in total. The van der Waals surface area contributed by atoms with Gasteiger partial charge in [0.2, 0.25) is 11.8 Å². The highest BCUT2D eigenvalue weighted by Gasteiger charge is 2.59. The van der Waals surface area contributed by atoms with Crippen molar-refractivity contribution < 1.29 is 9.59 Å². The van der Waals surface area contributed by atoms with Gasteiger partial charge in [0.1, 0.15) is 6.04 Å². The van der Waals surface area contributed by atoms with Crippen LogP contribution in [-0.4, -0.2) is 48.4 Å². The van der Waals surface area contributed by atoms with Gasteiger partial charge < -0.3 is 15.5 Å². The third kappa shape index (κ3) is 2.45. The Hall–Kier alpha value is -1.10. The molecule has 2 saturated heterocycles. The molecule has 0 aromatic rings. The molecule has 4 fully saturated rings. The monoisotopic (exact) mass is 291 g/mol. The summed E-state index contributed by atoms with van der Waals surface area (Å²) >= 11 is 0. The summed E-state index contributed by atoms with van der Waals surface area (Å²) in [6, 6.07) is 0.184. The molecule has 2 saturated carbocycles. The molecule has 4 rings (SSSR count). The molecule has 0 aromatic heterocycles. The molecule has 21 heavy (non-hydrogen) atoms. The Morgan fingerprint density at radius 3 is 2.62 bits per heavy atom. The van der Waals surface area contributed by atoms with E-state index >= 15 is 0 Å². The summed E-state index contributed by atoms with van der Waals surface area (Å²) in [6.45, 7) is 2.84. The lowest BCUT2D eigenvalue weighted by Gasteiger charge is -2.27. The maximum atomic E-state index is 12.8. The van der Waals surface area contributed by atoms with E-state index in [0.29, 0.717) is 6.04 Å². The lowest BCUT2D eigenvalue weighted by Crippen LogP contribution is -2.47. The third-order valence-electron chi connectivity index (χ3n) is 5.85. The molecule has 0 bridgehead atoms. The number of nitrogens with zero attached hydrogens (tertiary/aromatic N) is 1. The first kappa shape index (κ1) is 13.6. The van der Waals surface area contributed by atoms with Crippen LogP contribution in [0.2, 0.25) is 0 Å². The Morgan fingerprint density at radius 1 is 1.14 bits per heavy atom. The standard InChI is InChI=1S/C16H25N3O2/c20-14(18-11-3-4-11)13-2-1-9-19(13)15(21)12-10-16(12)5-7-17-8-6-16/h11-13,17H,1-10H2,(H,18,20). The topological polar surface area (TPSA) is 61.4 Å². The highest BCUT2D eigenvalue weighted by Crippen LogP contribution is 2.59. The molecule has 2 atom stereocenters. The SMILES string of the molecule is O=C(NC1CC1)C1CCCN1C(=O)C1CC12CCNCC2. The molecule has 1 spiro atoms. The summed E-state index contributed by atoms with van der Waals surface area (Å²) in [5, 5.41) is 6.44. The van der Waals surface area contributed by atoms with Crippen molar-refractivity contribution in [2.45, 2.75) is 57.0 Å². The number of likely N-dealkylation sites (tertiary alicyclic amines) is 1. The smallest absolute Gasteiger partial charge is 0.243 e. The van der Waals surface area contributed by atoms with Crippen LogP contribution < -0.4 is 10.6 Å². The van der Waals surface area contributed by atoms with E-state index < -0.39 is 0 Å². The van der Waals surface area contributed by atoms with Crippen LogP contribution in [0.1, 0.15) is 44.9 Å². The van der Waals surface area contributed by atoms with E-state index in [2.05, 4.69) is 10.6 Å². The van der Waals surface area contributed by atoms with Gasteiger partial charge in [-0.25, -0.2) is 0 Å². The molecule has 2 aliphatic heterocycles. The van der Waals surface area contributed by atoms with E-state index in [1.54, 1.807) is 0 Å². The molecule has 0 aromatic carbocycles. The van der Waals surface area contributed by atoms with Gasteiger partial charge in [0, 0.05) is 18.5 Å². The normalized spacial score (nSPS) is 34.0. The van der Waals surface area contributed by atoms with Crippen molar-refractivity contribution in [3.05, 3.63) is 0 Å². The van der Waals surface area contributed by atoms with Gasteiger partial charge >= 0.3 is 0 Å². The van der Waals surface area contributed by atoms with Crippen molar-refractivity contribution in [1.82, 2.24) is 15.5 Å². The minimum absolute atomic E-state index is 0.0864. The van der Waals surface area contributed by atoms with Gasteiger partial charge in [0.05, 0.1) is 0 Å². The summed E-state index contributed by atoms with van der Waals surface area (Å²) in [4.78, 5) is 27.0. The maximum absolute atomic E-state index is 12.8. The van der Waals surface area contributed by atoms with E-state index in [0.717, 1.165) is 64.6 Å². The summed E-state index contributed by atoms with van der Waals surface area (Å²) in [6.07, 6.45) is 7.30. The van der Waals surface area contributed by atoms with E-state index in [1.165, 1.54) is 0 Å². The molecular formula is C16H25N3O2. The summed E-state index contributed by atoms with van der Waals surface area (Å²) in [5.41, 5.74) is 0.266. The van der Waals surface area contributed by atoms with Crippen molar-refractivity contribution in [1.29, 1.82) is 0 Å². The van der Waals surface area contributed by atoms with Crippen LogP contribution in [0.5, 0.6) is 0 Å². The summed E-state index contributed by atoms with van der Waals surface area (Å²) in [7, 11) is 0. The Morgan fingerprint density at radius 2 is 1.90 bits per heavy atom. The molecule has 5 heteroatoms. The molecule has 4 aliphatic rings. The first-order valence-electron chi connectivity index (χ1n) is 8.51. The number of carbonyl (C=O) groups is 2. The van der Waals surface area contributed by atoms with Crippen LogP contribution in [0, 0.1) is 11.3 Å². The minimum Gasteiger partial charge on any atom is -0.352 e. The predicted octanol–water partition coefficient (Wildman–Crippen LogP) is 0.646. The van der Waals surface area contributed by atoms with Crippen LogP contribution in [-0.2, 0) is 9.59 Å². The fourth-order valence-corrected chi connectivity index (χ4v) is 4.20. The van der Waals surface area contributed by atoms with E-state index in [1.807, 2.05) is 4.90 Å². The molecular weight excluding hydrogens is 266 g/mol. The van der Waals surface area contributed by atoms with Gasteiger partial charge in [-0.3, -0.25) is 9.59 Å². The lowest BCUT2D eigenvalue weighted by molar-refractivity contribution is -0.140. The van der Waals surface area contributed by atoms with E-state index in [9.17, 15) is 9.59 Å². The number of hydrogen-bond donors (Lipinski definition) is 2. The Kier molecular flexibility index (Phi) is 3.21. The summed E-state index contributed by atoms with van der Waals surface area (Å²) in [5.74, 6) is 0.530. The number of carbonyl (C=O) groups excluding carboxylic acids is 2. The largest absolute Gasteiger partial charge is 0.352 e. The van der Waals surface area contributed by atoms with Gasteiger partial charge in [-0.2, -0.15) is 0 Å². The second-order valence-electron chi connectivity index (χ2n) is 7.34. The lowest BCUT2D eigenvalue weighted by atomic mass is 9.91.